The van der Waals surface area contributed by atoms with Crippen molar-refractivity contribution in [2.45, 2.75) is 13.8 Å². The summed E-state index contributed by atoms with van der Waals surface area (Å²) in [7, 11) is 0. The van der Waals surface area contributed by atoms with Gasteiger partial charge in [-0.3, -0.25) is 0 Å². The first-order valence-corrected chi connectivity index (χ1v) is 2.79. The number of nitrogens with one attached hydrogen (secondary N) is 1. The van der Waals surface area contributed by atoms with Gasteiger partial charge in [0.05, 0.1) is 0 Å². The SMILES string of the molecule is Cc1nc(C)c([N+](=O)[O-])[nH]1.Cl.Cl. The van der Waals surface area contributed by atoms with Crippen LogP contribution in [0.3, 0.4) is 0 Å². The van der Waals surface area contributed by atoms with E-state index in [0.29, 0.717) is 11.5 Å². The second-order valence-electron chi connectivity index (χ2n) is 2.01. The van der Waals surface area contributed by atoms with Crippen LogP contribution in [0.25, 0.3) is 0 Å². The maximum atomic E-state index is 10.2. The number of aromatic nitrogens is 2. The molecule has 0 amide bonds. The molecule has 0 aliphatic rings. The van der Waals surface area contributed by atoms with E-state index >= 15 is 0 Å². The highest BCUT2D eigenvalue weighted by Crippen LogP contribution is 2.11. The first-order valence-electron chi connectivity index (χ1n) is 2.79. The average molecular weight is 214 g/mol. The Morgan fingerprint density at radius 2 is 1.92 bits per heavy atom. The fourth-order valence-corrected chi connectivity index (χ4v) is 0.772. The van der Waals surface area contributed by atoms with Crippen LogP contribution in [0, 0.1) is 24.0 Å². The van der Waals surface area contributed by atoms with E-state index in [1.165, 1.54) is 0 Å². The lowest BCUT2D eigenvalue weighted by atomic mass is 10.5. The average Bonchev–Trinajstić information content (AvgIpc) is 2.10. The van der Waals surface area contributed by atoms with E-state index in [-0.39, 0.29) is 30.6 Å². The first-order chi connectivity index (χ1) is 4.61. The zero-order valence-electron chi connectivity index (χ0n) is 6.53. The van der Waals surface area contributed by atoms with Gasteiger partial charge in [0.2, 0.25) is 0 Å². The maximum Gasteiger partial charge on any atom is 0.343 e. The van der Waals surface area contributed by atoms with Crippen molar-refractivity contribution < 1.29 is 4.92 Å². The number of nitrogens with zero attached hydrogens (tertiary/aromatic N) is 2. The molecule has 1 N–H and O–H groups in total. The van der Waals surface area contributed by atoms with E-state index in [9.17, 15) is 10.1 Å². The predicted molar refractivity (Wildman–Crippen MR) is 49.2 cm³/mol. The van der Waals surface area contributed by atoms with Gasteiger partial charge in [-0.1, -0.05) is 0 Å². The number of H-pyrrole nitrogens is 1. The minimum atomic E-state index is -0.477. The van der Waals surface area contributed by atoms with Crippen LogP contribution in [0.2, 0.25) is 0 Å². The fourth-order valence-electron chi connectivity index (χ4n) is 0.772. The molecule has 0 radical (unpaired) electrons. The van der Waals surface area contributed by atoms with Gasteiger partial charge in [0.25, 0.3) is 0 Å². The van der Waals surface area contributed by atoms with Crippen molar-refractivity contribution in [1.29, 1.82) is 0 Å². The first kappa shape index (κ1) is 13.8. The van der Waals surface area contributed by atoms with Crippen LogP contribution in [-0.4, -0.2) is 14.9 Å². The largest absolute Gasteiger partial charge is 0.358 e. The highest BCUT2D eigenvalue weighted by molar-refractivity contribution is 5.85. The Balaban J connectivity index is 0. The smallest absolute Gasteiger partial charge is 0.343 e. The van der Waals surface area contributed by atoms with E-state index in [1.807, 2.05) is 0 Å². The summed E-state index contributed by atoms with van der Waals surface area (Å²) in [5, 5.41) is 10.2. The molecule has 1 aromatic rings. The van der Waals surface area contributed by atoms with Crippen LogP contribution in [0.1, 0.15) is 11.5 Å². The highest BCUT2D eigenvalue weighted by atomic mass is 35.5. The Bertz CT molecular complexity index is 274. The summed E-state index contributed by atoms with van der Waals surface area (Å²) >= 11 is 0. The summed E-state index contributed by atoms with van der Waals surface area (Å²) < 4.78 is 0. The van der Waals surface area contributed by atoms with Gasteiger partial charge in [0.1, 0.15) is 5.69 Å². The van der Waals surface area contributed by atoms with Crippen molar-refractivity contribution in [2.75, 3.05) is 0 Å². The zero-order valence-corrected chi connectivity index (χ0v) is 8.16. The lowest BCUT2D eigenvalue weighted by Crippen LogP contribution is -1.89. The van der Waals surface area contributed by atoms with Gasteiger partial charge in [-0.2, -0.15) is 0 Å². The molecule has 0 atom stereocenters. The van der Waals surface area contributed by atoms with Crippen LogP contribution in [0.4, 0.5) is 5.82 Å². The van der Waals surface area contributed by atoms with Gasteiger partial charge in [-0.25, -0.2) is 9.97 Å². The van der Waals surface area contributed by atoms with Crippen LogP contribution in [0.15, 0.2) is 0 Å². The number of hydrogen-bond donors (Lipinski definition) is 1. The van der Waals surface area contributed by atoms with Crippen molar-refractivity contribution in [3.63, 3.8) is 0 Å². The van der Waals surface area contributed by atoms with Crippen molar-refractivity contribution in [2.24, 2.45) is 0 Å². The summed E-state index contributed by atoms with van der Waals surface area (Å²) in [5.41, 5.74) is 0.433. The fraction of sp³-hybridized carbons (Fsp3) is 0.400. The second-order valence-corrected chi connectivity index (χ2v) is 2.01. The van der Waals surface area contributed by atoms with Crippen LogP contribution >= 0.6 is 24.8 Å². The monoisotopic (exact) mass is 213 g/mol. The molecule has 0 aliphatic carbocycles. The molecule has 1 heterocycles. The molecule has 0 spiro atoms. The van der Waals surface area contributed by atoms with Gasteiger partial charge < -0.3 is 10.1 Å². The third-order valence-corrected chi connectivity index (χ3v) is 1.16. The number of imidazole rings is 1. The third-order valence-electron chi connectivity index (χ3n) is 1.16. The normalized spacial score (nSPS) is 8.17. The van der Waals surface area contributed by atoms with Gasteiger partial charge >= 0.3 is 5.82 Å². The quantitative estimate of drug-likeness (QED) is 0.571. The van der Waals surface area contributed by atoms with Crippen LogP contribution in [0.5, 0.6) is 0 Å². The van der Waals surface area contributed by atoms with Crippen molar-refractivity contribution >= 4 is 30.6 Å². The Morgan fingerprint density at radius 3 is 2.08 bits per heavy atom. The second kappa shape index (κ2) is 4.95. The van der Waals surface area contributed by atoms with Gasteiger partial charge in [0, 0.05) is 6.92 Å². The van der Waals surface area contributed by atoms with Crippen LogP contribution < -0.4 is 0 Å². The zero-order chi connectivity index (χ0) is 7.72. The molecule has 0 aliphatic heterocycles. The van der Waals surface area contributed by atoms with Crippen LogP contribution in [-0.2, 0) is 0 Å². The standard InChI is InChI=1S/C5H7N3O2.2ClH/c1-3-5(8(9)10)7-4(2)6-3;;/h1-2H3,(H,6,7);2*1H. The minimum Gasteiger partial charge on any atom is -0.358 e. The molecule has 0 saturated heterocycles. The number of hydrogen-bond acceptors (Lipinski definition) is 3. The van der Waals surface area contributed by atoms with Crippen molar-refractivity contribution in [3.05, 3.63) is 21.6 Å². The number of rotatable bonds is 1. The summed E-state index contributed by atoms with van der Waals surface area (Å²) in [6, 6.07) is 0. The summed E-state index contributed by atoms with van der Waals surface area (Å²) in [6.45, 7) is 3.28. The molecule has 5 nitrogen and oxygen atoms in total. The van der Waals surface area contributed by atoms with E-state index in [0.717, 1.165) is 0 Å². The molecule has 7 heteroatoms. The number of halogens is 2. The third kappa shape index (κ3) is 2.67. The molecular formula is C5H9Cl2N3O2. The van der Waals surface area contributed by atoms with E-state index in [2.05, 4.69) is 9.97 Å². The van der Waals surface area contributed by atoms with Gasteiger partial charge in [0.15, 0.2) is 5.82 Å². The Hall–Kier alpha value is -0.810. The highest BCUT2D eigenvalue weighted by Gasteiger charge is 2.12. The Morgan fingerprint density at radius 1 is 1.42 bits per heavy atom. The van der Waals surface area contributed by atoms with Gasteiger partial charge in [-0.05, 0) is 11.8 Å². The molecule has 0 unspecified atom stereocenters. The number of aromatic amines is 1. The molecule has 70 valence electrons. The van der Waals surface area contributed by atoms with Crippen molar-refractivity contribution in [3.8, 4) is 0 Å². The maximum absolute atomic E-state index is 10.2. The number of nitro groups is 1. The molecule has 12 heavy (non-hydrogen) atoms. The van der Waals surface area contributed by atoms with Crippen molar-refractivity contribution in [1.82, 2.24) is 9.97 Å². The molecule has 1 rings (SSSR count). The Labute approximate surface area is 81.5 Å². The summed E-state index contributed by atoms with van der Waals surface area (Å²) in [5.74, 6) is 0.557. The van der Waals surface area contributed by atoms with E-state index in [4.69, 9.17) is 0 Å². The molecule has 0 saturated carbocycles. The molecular weight excluding hydrogens is 205 g/mol. The predicted octanol–water partition coefficient (Wildman–Crippen LogP) is 1.78. The summed E-state index contributed by atoms with van der Waals surface area (Å²) in [4.78, 5) is 16.1. The number of aryl methyl sites for hydroxylation is 2. The van der Waals surface area contributed by atoms with E-state index in [1.54, 1.807) is 13.8 Å². The minimum absolute atomic E-state index is 0. The summed E-state index contributed by atoms with van der Waals surface area (Å²) in [6.07, 6.45) is 0. The Kier molecular flexibility index (Phi) is 5.67. The van der Waals surface area contributed by atoms with Gasteiger partial charge in [-0.15, -0.1) is 24.8 Å². The molecule has 1 aromatic heterocycles. The lowest BCUT2D eigenvalue weighted by molar-refractivity contribution is -0.389. The van der Waals surface area contributed by atoms with E-state index < -0.39 is 4.92 Å². The lowest BCUT2D eigenvalue weighted by Gasteiger charge is -1.87. The topological polar surface area (TPSA) is 71.8 Å². The molecule has 0 fully saturated rings. The molecule has 0 bridgehead atoms. The molecule has 0 aromatic carbocycles.